The van der Waals surface area contributed by atoms with Crippen molar-refractivity contribution < 1.29 is 4.79 Å². The Hall–Kier alpha value is -4.06. The number of nitrogens with one attached hydrogen (secondary N) is 2. The highest BCUT2D eigenvalue weighted by Crippen LogP contribution is 2.22. The summed E-state index contributed by atoms with van der Waals surface area (Å²) in [5.74, 6) is 0.285. The molecule has 0 saturated carbocycles. The molecule has 2 heterocycles. The van der Waals surface area contributed by atoms with Crippen LogP contribution in [0.25, 0.3) is 10.9 Å². The van der Waals surface area contributed by atoms with Gasteiger partial charge in [-0.1, -0.05) is 36.4 Å². The second-order valence-electron chi connectivity index (χ2n) is 6.04. The number of anilines is 2. The van der Waals surface area contributed by atoms with E-state index in [0.29, 0.717) is 16.9 Å². The van der Waals surface area contributed by atoms with Crippen molar-refractivity contribution in [3.05, 3.63) is 96.3 Å². The third-order valence-corrected chi connectivity index (χ3v) is 4.09. The number of fused-ring (bicyclic) bond motifs is 1. The first-order valence-corrected chi connectivity index (χ1v) is 8.75. The minimum absolute atomic E-state index is 0.203. The number of hydrogen-bond donors (Lipinski definition) is 2. The zero-order valence-corrected chi connectivity index (χ0v) is 14.9. The summed E-state index contributed by atoms with van der Waals surface area (Å²) in [6.07, 6.45) is 5.06. The Balaban J connectivity index is 1.63. The summed E-state index contributed by atoms with van der Waals surface area (Å²) in [5, 5.41) is 7.90. The molecule has 0 spiro atoms. The number of carbonyl (C=O) groups excluding carboxylic acids is 1. The maximum absolute atomic E-state index is 12.9. The Morgan fingerprint density at radius 2 is 1.68 bits per heavy atom. The second kappa shape index (κ2) is 8.09. The molecule has 2 N–H and O–H groups in total. The molecule has 0 fully saturated rings. The molecule has 4 rings (SSSR count). The number of aromatic nitrogens is 2. The number of para-hydroxylation sites is 2. The second-order valence-corrected chi connectivity index (χ2v) is 6.04. The third kappa shape index (κ3) is 4.02. The monoisotopic (exact) mass is 367 g/mol. The summed E-state index contributed by atoms with van der Waals surface area (Å²) >= 11 is 0. The Kier molecular flexibility index (Phi) is 5.02. The molecule has 2 aromatic carbocycles. The minimum atomic E-state index is -0.203. The zero-order valence-electron chi connectivity index (χ0n) is 14.9. The fraction of sp³-hybridized carbons (Fsp3) is 0. The molecule has 0 radical (unpaired) electrons. The fourth-order valence-corrected chi connectivity index (χ4v) is 2.76. The van der Waals surface area contributed by atoms with E-state index in [2.05, 4.69) is 25.8 Å². The Morgan fingerprint density at radius 3 is 2.50 bits per heavy atom. The van der Waals surface area contributed by atoms with Gasteiger partial charge in [-0.25, -0.2) is 4.98 Å². The highest BCUT2D eigenvalue weighted by atomic mass is 16.1. The average molecular weight is 367 g/mol. The van der Waals surface area contributed by atoms with Gasteiger partial charge in [0.15, 0.2) is 0 Å². The highest BCUT2D eigenvalue weighted by Gasteiger charge is 2.13. The lowest BCUT2D eigenvalue weighted by Crippen LogP contribution is -2.13. The van der Waals surface area contributed by atoms with Crippen molar-refractivity contribution in [2.45, 2.75) is 0 Å². The molecule has 0 atom stereocenters. The number of carbonyl (C=O) groups is 1. The number of benzene rings is 2. The van der Waals surface area contributed by atoms with Crippen molar-refractivity contribution in [3.8, 4) is 0 Å². The van der Waals surface area contributed by atoms with Crippen LogP contribution in [0.1, 0.15) is 15.9 Å². The fourth-order valence-electron chi connectivity index (χ4n) is 2.76. The van der Waals surface area contributed by atoms with E-state index in [0.717, 1.165) is 16.6 Å². The van der Waals surface area contributed by atoms with Gasteiger partial charge in [0.25, 0.3) is 5.91 Å². The number of rotatable bonds is 5. The lowest BCUT2D eigenvalue weighted by Gasteiger charge is -2.10. The van der Waals surface area contributed by atoms with Crippen molar-refractivity contribution in [1.82, 2.24) is 9.97 Å². The van der Waals surface area contributed by atoms with Gasteiger partial charge >= 0.3 is 0 Å². The van der Waals surface area contributed by atoms with Crippen molar-refractivity contribution >= 4 is 34.5 Å². The summed E-state index contributed by atoms with van der Waals surface area (Å²) in [5.41, 5.74) is 5.78. The van der Waals surface area contributed by atoms with Crippen LogP contribution in [0.3, 0.4) is 0 Å². The van der Waals surface area contributed by atoms with Crippen LogP contribution >= 0.6 is 0 Å². The van der Waals surface area contributed by atoms with Gasteiger partial charge in [-0.3, -0.25) is 15.2 Å². The van der Waals surface area contributed by atoms with Gasteiger partial charge in [-0.2, -0.15) is 5.10 Å². The van der Waals surface area contributed by atoms with Crippen molar-refractivity contribution in [2.75, 3.05) is 10.7 Å². The summed E-state index contributed by atoms with van der Waals surface area (Å²) in [4.78, 5) is 21.4. The quantitative estimate of drug-likeness (QED) is 0.406. The van der Waals surface area contributed by atoms with E-state index >= 15 is 0 Å². The smallest absolute Gasteiger partial charge is 0.256 e. The first-order chi connectivity index (χ1) is 13.8. The topological polar surface area (TPSA) is 79.3 Å². The van der Waals surface area contributed by atoms with Crippen LogP contribution < -0.4 is 10.7 Å². The lowest BCUT2D eigenvalue weighted by atomic mass is 10.1. The molecule has 0 bridgehead atoms. The number of amides is 1. The molecule has 0 unspecified atom stereocenters. The van der Waals surface area contributed by atoms with Crippen molar-refractivity contribution in [3.63, 3.8) is 0 Å². The molecular weight excluding hydrogens is 350 g/mol. The van der Waals surface area contributed by atoms with Crippen molar-refractivity contribution in [2.24, 2.45) is 5.10 Å². The van der Waals surface area contributed by atoms with E-state index in [9.17, 15) is 4.79 Å². The van der Waals surface area contributed by atoms with E-state index in [-0.39, 0.29) is 5.91 Å². The third-order valence-electron chi connectivity index (χ3n) is 4.09. The molecule has 6 nitrogen and oxygen atoms in total. The minimum Gasteiger partial charge on any atom is -0.322 e. The van der Waals surface area contributed by atoms with E-state index in [4.69, 9.17) is 0 Å². The first kappa shape index (κ1) is 17.4. The van der Waals surface area contributed by atoms with Crippen LogP contribution in [0.5, 0.6) is 0 Å². The molecule has 6 heteroatoms. The van der Waals surface area contributed by atoms with Gasteiger partial charge in [0, 0.05) is 23.5 Å². The number of hydrazone groups is 1. The molecule has 4 aromatic rings. The van der Waals surface area contributed by atoms with Gasteiger partial charge in [-0.15, -0.1) is 0 Å². The maximum Gasteiger partial charge on any atom is 0.256 e. The number of nitrogens with zero attached hydrogens (tertiary/aromatic N) is 3. The number of hydrogen-bond acceptors (Lipinski definition) is 5. The predicted octanol–water partition coefficient (Wildman–Crippen LogP) is 4.33. The Bertz CT molecular complexity index is 1130. The van der Waals surface area contributed by atoms with E-state index in [1.807, 2.05) is 66.7 Å². The molecule has 0 aliphatic rings. The predicted molar refractivity (Wildman–Crippen MR) is 112 cm³/mol. The highest BCUT2D eigenvalue weighted by molar-refractivity contribution is 6.13. The van der Waals surface area contributed by atoms with E-state index in [1.54, 1.807) is 24.7 Å². The van der Waals surface area contributed by atoms with Gasteiger partial charge in [-0.05, 0) is 42.0 Å². The van der Waals surface area contributed by atoms with Crippen LogP contribution in [-0.4, -0.2) is 22.1 Å². The van der Waals surface area contributed by atoms with Crippen LogP contribution in [0.15, 0.2) is 90.3 Å². The van der Waals surface area contributed by atoms with Crippen molar-refractivity contribution in [1.29, 1.82) is 0 Å². The first-order valence-electron chi connectivity index (χ1n) is 8.75. The van der Waals surface area contributed by atoms with E-state index < -0.39 is 0 Å². The largest absolute Gasteiger partial charge is 0.322 e. The summed E-state index contributed by atoms with van der Waals surface area (Å²) < 4.78 is 0. The molecule has 28 heavy (non-hydrogen) atoms. The molecule has 1 amide bonds. The molecule has 0 aliphatic carbocycles. The SMILES string of the molecule is O=C(Nc1ccccc1)c1cc(N/N=C/c2ccncc2)nc2ccccc12. The molecule has 0 aliphatic heterocycles. The molecule has 2 aromatic heterocycles. The molecule has 0 saturated heterocycles. The maximum atomic E-state index is 12.9. The van der Waals surface area contributed by atoms with Gasteiger partial charge in [0.05, 0.1) is 17.3 Å². The Morgan fingerprint density at radius 1 is 0.929 bits per heavy atom. The zero-order chi connectivity index (χ0) is 19.2. The summed E-state index contributed by atoms with van der Waals surface area (Å²) in [6, 6.07) is 22.3. The van der Waals surface area contributed by atoms with Crippen LogP contribution in [0.4, 0.5) is 11.5 Å². The normalized spacial score (nSPS) is 10.9. The molecule has 136 valence electrons. The van der Waals surface area contributed by atoms with Crippen LogP contribution in [-0.2, 0) is 0 Å². The lowest BCUT2D eigenvalue weighted by molar-refractivity contribution is 0.102. The van der Waals surface area contributed by atoms with Gasteiger partial charge in [0.2, 0.25) is 0 Å². The number of pyridine rings is 2. The average Bonchev–Trinajstić information content (AvgIpc) is 2.74. The van der Waals surface area contributed by atoms with Crippen LogP contribution in [0, 0.1) is 0 Å². The summed E-state index contributed by atoms with van der Waals surface area (Å²) in [7, 11) is 0. The standard InChI is InChI=1S/C22H17N5O/c28-22(25-17-6-2-1-3-7-17)19-14-21(26-20-9-5-4-8-18(19)20)27-24-15-16-10-12-23-13-11-16/h1-15H,(H,25,28)(H,26,27)/b24-15+. The van der Waals surface area contributed by atoms with Gasteiger partial charge in [0.1, 0.15) is 5.82 Å². The van der Waals surface area contributed by atoms with E-state index in [1.165, 1.54) is 0 Å². The Labute approximate surface area is 162 Å². The summed E-state index contributed by atoms with van der Waals surface area (Å²) in [6.45, 7) is 0. The van der Waals surface area contributed by atoms with Gasteiger partial charge < -0.3 is 5.32 Å². The van der Waals surface area contributed by atoms with Crippen LogP contribution in [0.2, 0.25) is 0 Å². The molecular formula is C22H17N5O.